The molecule has 1 aromatic carbocycles. The highest BCUT2D eigenvalue weighted by Crippen LogP contribution is 2.25. The molecule has 4 rings (SSSR count). The van der Waals surface area contributed by atoms with E-state index in [2.05, 4.69) is 16.0 Å². The van der Waals surface area contributed by atoms with Gasteiger partial charge in [0, 0.05) is 23.8 Å². The van der Waals surface area contributed by atoms with Crippen molar-refractivity contribution >= 4 is 28.7 Å². The maximum absolute atomic E-state index is 12.5. The van der Waals surface area contributed by atoms with Crippen LogP contribution < -0.4 is 16.0 Å². The number of carbonyl (C=O) groups excluding carboxylic acids is 3. The maximum Gasteiger partial charge on any atom is 0.242 e. The van der Waals surface area contributed by atoms with E-state index < -0.39 is 6.04 Å². The fourth-order valence-electron chi connectivity index (χ4n) is 4.05. The quantitative estimate of drug-likeness (QED) is 0.735. The summed E-state index contributed by atoms with van der Waals surface area (Å²) in [5.74, 6) is 0.569. The van der Waals surface area contributed by atoms with Crippen LogP contribution in [-0.4, -0.2) is 29.8 Å². The molecule has 2 fully saturated rings. The second-order valence-corrected chi connectivity index (χ2v) is 7.68. The van der Waals surface area contributed by atoms with Crippen molar-refractivity contribution in [3.8, 4) is 0 Å². The number of para-hydroxylation sites is 1. The minimum Gasteiger partial charge on any atom is -0.459 e. The first-order valence-corrected chi connectivity index (χ1v) is 9.93. The number of nitrogens with one attached hydrogen (secondary N) is 3. The Morgan fingerprint density at radius 2 is 1.86 bits per heavy atom. The van der Waals surface area contributed by atoms with E-state index >= 15 is 0 Å². The molecule has 0 bridgehead atoms. The predicted molar refractivity (Wildman–Crippen MR) is 103 cm³/mol. The standard InChI is InChI=1S/C21H25N3O4/c25-19-10-9-17(24-19)21(27)23-15-7-5-13(6-8-15)20(26)22-12-16-11-14-3-1-2-4-18(14)28-16/h1-4,11,13,15,17H,5-10,12H2,(H,22,26)(H,23,27)(H,24,25). The first-order valence-electron chi connectivity index (χ1n) is 9.93. The molecule has 2 aliphatic rings. The Labute approximate surface area is 163 Å². The van der Waals surface area contributed by atoms with Gasteiger partial charge in [-0.05, 0) is 44.2 Å². The molecule has 7 heteroatoms. The molecule has 1 aliphatic carbocycles. The molecule has 7 nitrogen and oxygen atoms in total. The summed E-state index contributed by atoms with van der Waals surface area (Å²) in [6, 6.07) is 9.39. The highest BCUT2D eigenvalue weighted by atomic mass is 16.3. The predicted octanol–water partition coefficient (Wildman–Crippen LogP) is 2.00. The van der Waals surface area contributed by atoms with Crippen molar-refractivity contribution in [3.63, 3.8) is 0 Å². The second kappa shape index (κ2) is 8.04. The van der Waals surface area contributed by atoms with Crippen LogP contribution in [0, 0.1) is 5.92 Å². The van der Waals surface area contributed by atoms with Gasteiger partial charge in [-0.2, -0.15) is 0 Å². The largest absolute Gasteiger partial charge is 0.459 e. The molecular weight excluding hydrogens is 358 g/mol. The lowest BCUT2D eigenvalue weighted by Gasteiger charge is -2.29. The molecule has 1 saturated heterocycles. The van der Waals surface area contributed by atoms with Gasteiger partial charge in [0.15, 0.2) is 0 Å². The smallest absolute Gasteiger partial charge is 0.242 e. The van der Waals surface area contributed by atoms with Crippen LogP contribution in [0.3, 0.4) is 0 Å². The van der Waals surface area contributed by atoms with Crippen LogP contribution in [0.2, 0.25) is 0 Å². The van der Waals surface area contributed by atoms with Crippen molar-refractivity contribution in [1.29, 1.82) is 0 Å². The molecule has 0 spiro atoms. The van der Waals surface area contributed by atoms with E-state index in [-0.39, 0.29) is 29.7 Å². The summed E-state index contributed by atoms with van der Waals surface area (Å²) < 4.78 is 5.73. The lowest BCUT2D eigenvalue weighted by molar-refractivity contribution is -0.127. The third-order valence-electron chi connectivity index (χ3n) is 5.67. The number of hydrogen-bond acceptors (Lipinski definition) is 4. The van der Waals surface area contributed by atoms with Crippen LogP contribution in [0.5, 0.6) is 0 Å². The van der Waals surface area contributed by atoms with E-state index in [0.717, 1.165) is 42.4 Å². The lowest BCUT2D eigenvalue weighted by atomic mass is 9.85. The van der Waals surface area contributed by atoms with Crippen LogP contribution >= 0.6 is 0 Å². The van der Waals surface area contributed by atoms with Crippen molar-refractivity contribution in [2.75, 3.05) is 0 Å². The molecule has 2 heterocycles. The van der Waals surface area contributed by atoms with Crippen LogP contribution in [0.4, 0.5) is 0 Å². The van der Waals surface area contributed by atoms with Crippen LogP contribution in [-0.2, 0) is 20.9 Å². The lowest BCUT2D eigenvalue weighted by Crippen LogP contribution is -2.47. The maximum atomic E-state index is 12.5. The van der Waals surface area contributed by atoms with Crippen molar-refractivity contribution < 1.29 is 18.8 Å². The summed E-state index contributed by atoms with van der Waals surface area (Å²) in [5.41, 5.74) is 0.821. The Morgan fingerprint density at radius 1 is 1.07 bits per heavy atom. The minimum absolute atomic E-state index is 0.0355. The molecule has 148 valence electrons. The van der Waals surface area contributed by atoms with Gasteiger partial charge in [0.1, 0.15) is 17.4 Å². The molecule has 1 atom stereocenters. The third kappa shape index (κ3) is 4.18. The van der Waals surface area contributed by atoms with Gasteiger partial charge in [0.25, 0.3) is 0 Å². The summed E-state index contributed by atoms with van der Waals surface area (Å²) in [6.45, 7) is 0.381. The van der Waals surface area contributed by atoms with Gasteiger partial charge in [-0.25, -0.2) is 0 Å². The Bertz CT molecular complexity index is 850. The molecular formula is C21H25N3O4. The topological polar surface area (TPSA) is 100 Å². The van der Waals surface area contributed by atoms with Crippen LogP contribution in [0.25, 0.3) is 11.0 Å². The van der Waals surface area contributed by atoms with Crippen LogP contribution in [0.1, 0.15) is 44.3 Å². The van der Waals surface area contributed by atoms with Gasteiger partial charge in [-0.3, -0.25) is 14.4 Å². The number of fused-ring (bicyclic) bond motifs is 1. The summed E-state index contributed by atoms with van der Waals surface area (Å²) in [6.07, 6.45) is 4.01. The molecule has 3 amide bonds. The average Bonchev–Trinajstić information content (AvgIpc) is 3.32. The van der Waals surface area contributed by atoms with Gasteiger partial charge < -0.3 is 20.4 Å². The van der Waals surface area contributed by atoms with Gasteiger partial charge in [0.05, 0.1) is 6.54 Å². The zero-order chi connectivity index (χ0) is 19.5. The van der Waals surface area contributed by atoms with Gasteiger partial charge in [0.2, 0.25) is 17.7 Å². The fraction of sp³-hybridized carbons (Fsp3) is 0.476. The van der Waals surface area contributed by atoms with E-state index in [1.807, 2.05) is 30.3 Å². The van der Waals surface area contributed by atoms with Crippen molar-refractivity contribution in [2.24, 2.45) is 5.92 Å². The van der Waals surface area contributed by atoms with E-state index in [1.165, 1.54) is 0 Å². The fourth-order valence-corrected chi connectivity index (χ4v) is 4.05. The third-order valence-corrected chi connectivity index (χ3v) is 5.67. The second-order valence-electron chi connectivity index (χ2n) is 7.68. The Morgan fingerprint density at radius 3 is 2.57 bits per heavy atom. The van der Waals surface area contributed by atoms with E-state index in [4.69, 9.17) is 4.42 Å². The Balaban J connectivity index is 1.21. The van der Waals surface area contributed by atoms with Crippen molar-refractivity contribution in [3.05, 3.63) is 36.1 Å². The zero-order valence-corrected chi connectivity index (χ0v) is 15.7. The summed E-state index contributed by atoms with van der Waals surface area (Å²) in [7, 11) is 0. The molecule has 2 aromatic rings. The molecule has 1 unspecified atom stereocenters. The first kappa shape index (κ1) is 18.5. The number of benzene rings is 1. The molecule has 1 saturated carbocycles. The number of furan rings is 1. The molecule has 1 aliphatic heterocycles. The number of hydrogen-bond donors (Lipinski definition) is 3. The summed E-state index contributed by atoms with van der Waals surface area (Å²) in [5, 5.41) is 9.70. The summed E-state index contributed by atoms with van der Waals surface area (Å²) >= 11 is 0. The Hall–Kier alpha value is -2.83. The summed E-state index contributed by atoms with van der Waals surface area (Å²) in [4.78, 5) is 35.9. The van der Waals surface area contributed by atoms with E-state index in [9.17, 15) is 14.4 Å². The van der Waals surface area contributed by atoms with Crippen LogP contribution in [0.15, 0.2) is 34.7 Å². The van der Waals surface area contributed by atoms with E-state index in [0.29, 0.717) is 19.4 Å². The number of carbonyl (C=O) groups is 3. The Kier molecular flexibility index (Phi) is 5.32. The molecule has 0 radical (unpaired) electrons. The number of amides is 3. The van der Waals surface area contributed by atoms with Gasteiger partial charge in [-0.1, -0.05) is 18.2 Å². The molecule has 1 aromatic heterocycles. The zero-order valence-electron chi connectivity index (χ0n) is 15.7. The van der Waals surface area contributed by atoms with Crippen molar-refractivity contribution in [1.82, 2.24) is 16.0 Å². The van der Waals surface area contributed by atoms with Gasteiger partial charge in [-0.15, -0.1) is 0 Å². The average molecular weight is 383 g/mol. The van der Waals surface area contributed by atoms with Gasteiger partial charge >= 0.3 is 0 Å². The highest BCUT2D eigenvalue weighted by molar-refractivity contribution is 5.91. The molecule has 3 N–H and O–H groups in total. The number of rotatable bonds is 5. The normalized spacial score (nSPS) is 24.7. The van der Waals surface area contributed by atoms with E-state index in [1.54, 1.807) is 0 Å². The van der Waals surface area contributed by atoms with Crippen molar-refractivity contribution in [2.45, 2.75) is 57.2 Å². The minimum atomic E-state index is -0.405. The first-order chi connectivity index (χ1) is 13.6. The SMILES string of the molecule is O=C1CCC(C(=O)NC2CCC(C(=O)NCc3cc4ccccc4o3)CC2)N1. The highest BCUT2D eigenvalue weighted by Gasteiger charge is 2.31. The molecule has 28 heavy (non-hydrogen) atoms. The monoisotopic (exact) mass is 383 g/mol.